The van der Waals surface area contributed by atoms with E-state index >= 15 is 0 Å². The number of fused-ring (bicyclic) bond motifs is 1. The fourth-order valence-corrected chi connectivity index (χ4v) is 4.79. The Hall–Kier alpha value is -3.68. The minimum absolute atomic E-state index is 0.0696. The van der Waals surface area contributed by atoms with Crippen molar-refractivity contribution in [3.63, 3.8) is 0 Å². The van der Waals surface area contributed by atoms with Gasteiger partial charge < -0.3 is 19.9 Å². The summed E-state index contributed by atoms with van der Waals surface area (Å²) in [5.41, 5.74) is 4.88. The zero-order valence-electron chi connectivity index (χ0n) is 19.7. The summed E-state index contributed by atoms with van der Waals surface area (Å²) < 4.78 is 5.19. The molecular weight excluding hydrogens is 478 g/mol. The summed E-state index contributed by atoms with van der Waals surface area (Å²) in [5.74, 6) is -0.181. The minimum Gasteiger partial charge on any atom is -0.370 e. The number of carbonyl (C=O) groups excluding carboxylic acids is 3. The second kappa shape index (κ2) is 10.5. The Morgan fingerprint density at radius 3 is 2.39 bits per heavy atom. The van der Waals surface area contributed by atoms with E-state index in [4.69, 9.17) is 16.3 Å². The van der Waals surface area contributed by atoms with Gasteiger partial charge in [0.2, 0.25) is 5.91 Å². The number of nitrogens with zero attached hydrogens (tertiary/aromatic N) is 2. The van der Waals surface area contributed by atoms with Crippen LogP contribution in [0.4, 0.5) is 11.4 Å². The predicted octanol–water partition coefficient (Wildman–Crippen LogP) is 3.99. The molecule has 2 aliphatic heterocycles. The first kappa shape index (κ1) is 24.0. The van der Waals surface area contributed by atoms with E-state index in [1.54, 1.807) is 46.2 Å². The van der Waals surface area contributed by atoms with Crippen molar-refractivity contribution in [2.45, 2.75) is 24.9 Å². The van der Waals surface area contributed by atoms with Gasteiger partial charge in [0, 0.05) is 42.3 Å². The second-order valence-electron chi connectivity index (χ2n) is 8.89. The first-order chi connectivity index (χ1) is 17.5. The van der Waals surface area contributed by atoms with Crippen molar-refractivity contribution in [1.82, 2.24) is 4.90 Å². The Morgan fingerprint density at radius 1 is 0.972 bits per heavy atom. The fourth-order valence-electron chi connectivity index (χ4n) is 4.61. The largest absolute Gasteiger partial charge is 0.370 e. The smallest absolute Gasteiger partial charge is 0.254 e. The molecule has 5 rings (SSSR count). The number of alkyl halides is 1. The van der Waals surface area contributed by atoms with E-state index in [0.29, 0.717) is 43.2 Å². The summed E-state index contributed by atoms with van der Waals surface area (Å²) in [6.07, 6.45) is 0.424. The number of halogens is 1. The number of morpholine rings is 1. The summed E-state index contributed by atoms with van der Waals surface area (Å²) in [4.78, 5) is 42.4. The van der Waals surface area contributed by atoms with Gasteiger partial charge in [0.1, 0.15) is 12.6 Å². The molecule has 8 heteroatoms. The number of carbonyl (C=O) groups is 3. The van der Waals surface area contributed by atoms with Crippen molar-refractivity contribution in [2.75, 3.05) is 30.0 Å². The van der Waals surface area contributed by atoms with Crippen LogP contribution in [0.1, 0.15) is 27.0 Å². The van der Waals surface area contributed by atoms with Crippen LogP contribution in [0.5, 0.6) is 0 Å². The molecule has 1 saturated heterocycles. The molecule has 1 N–H and O–H groups in total. The molecule has 0 aliphatic carbocycles. The molecule has 2 heterocycles. The van der Waals surface area contributed by atoms with Crippen LogP contribution in [0.3, 0.4) is 0 Å². The van der Waals surface area contributed by atoms with Crippen LogP contribution in [-0.4, -0.2) is 48.4 Å². The first-order valence-corrected chi connectivity index (χ1v) is 12.4. The van der Waals surface area contributed by atoms with Crippen molar-refractivity contribution < 1.29 is 19.1 Å². The SMILES string of the molecule is O=C(Nc1ccc(N2CCOCC2=O)cc1)[C@@H]1Cc2ccccc2CN1C(=O)c1ccc(CCl)cc1. The molecule has 0 unspecified atom stereocenters. The zero-order valence-corrected chi connectivity index (χ0v) is 20.4. The number of benzene rings is 3. The van der Waals surface area contributed by atoms with E-state index in [1.165, 1.54) is 0 Å². The standard InChI is InChI=1S/C28H26ClN3O4/c29-16-19-5-7-20(8-6-19)28(35)32-17-22-4-2-1-3-21(22)15-25(32)27(34)30-23-9-11-24(12-10-23)31-13-14-36-18-26(31)33/h1-12,25H,13-18H2,(H,30,34)/t25-/m0/s1. The summed E-state index contributed by atoms with van der Waals surface area (Å²) in [6.45, 7) is 1.41. The molecule has 0 spiro atoms. The number of amides is 3. The number of rotatable bonds is 5. The monoisotopic (exact) mass is 503 g/mol. The lowest BCUT2D eigenvalue weighted by molar-refractivity contribution is -0.125. The van der Waals surface area contributed by atoms with Gasteiger partial charge in [0.05, 0.1) is 6.61 Å². The summed E-state index contributed by atoms with van der Waals surface area (Å²) >= 11 is 5.89. The summed E-state index contributed by atoms with van der Waals surface area (Å²) in [5, 5.41) is 2.96. The van der Waals surface area contributed by atoms with E-state index < -0.39 is 6.04 Å². The van der Waals surface area contributed by atoms with Crippen LogP contribution in [0, 0.1) is 0 Å². The highest BCUT2D eigenvalue weighted by atomic mass is 35.5. The molecule has 0 aromatic heterocycles. The molecule has 0 radical (unpaired) electrons. The predicted molar refractivity (Wildman–Crippen MR) is 138 cm³/mol. The van der Waals surface area contributed by atoms with E-state index in [0.717, 1.165) is 22.4 Å². The molecule has 3 amide bonds. The van der Waals surface area contributed by atoms with Gasteiger partial charge in [-0.2, -0.15) is 0 Å². The van der Waals surface area contributed by atoms with Gasteiger partial charge in [-0.05, 0) is 53.1 Å². The quantitative estimate of drug-likeness (QED) is 0.534. The number of anilines is 2. The average Bonchev–Trinajstić information content (AvgIpc) is 2.92. The minimum atomic E-state index is -0.666. The maximum absolute atomic E-state index is 13.5. The lowest BCUT2D eigenvalue weighted by Gasteiger charge is -2.36. The van der Waals surface area contributed by atoms with E-state index in [9.17, 15) is 14.4 Å². The highest BCUT2D eigenvalue weighted by molar-refractivity contribution is 6.17. The fraction of sp³-hybridized carbons (Fsp3) is 0.250. The van der Waals surface area contributed by atoms with Gasteiger partial charge in [-0.25, -0.2) is 0 Å². The Morgan fingerprint density at radius 2 is 1.69 bits per heavy atom. The number of hydrogen-bond donors (Lipinski definition) is 1. The maximum Gasteiger partial charge on any atom is 0.254 e. The zero-order chi connectivity index (χ0) is 25.1. The van der Waals surface area contributed by atoms with Crippen molar-refractivity contribution in [3.8, 4) is 0 Å². The van der Waals surface area contributed by atoms with Crippen LogP contribution in [0.2, 0.25) is 0 Å². The number of nitrogens with one attached hydrogen (secondary N) is 1. The highest BCUT2D eigenvalue weighted by Crippen LogP contribution is 2.27. The summed E-state index contributed by atoms with van der Waals surface area (Å²) in [7, 11) is 0. The lowest BCUT2D eigenvalue weighted by atomic mass is 9.92. The van der Waals surface area contributed by atoms with Gasteiger partial charge >= 0.3 is 0 Å². The molecule has 7 nitrogen and oxygen atoms in total. The third kappa shape index (κ3) is 4.98. The van der Waals surface area contributed by atoms with Gasteiger partial charge in [0.15, 0.2) is 0 Å². The average molecular weight is 504 g/mol. The van der Waals surface area contributed by atoms with Crippen molar-refractivity contribution >= 4 is 40.7 Å². The van der Waals surface area contributed by atoms with Gasteiger partial charge in [-0.15, -0.1) is 11.6 Å². The first-order valence-electron chi connectivity index (χ1n) is 11.8. The van der Waals surface area contributed by atoms with Crippen LogP contribution in [0.15, 0.2) is 72.8 Å². The third-order valence-electron chi connectivity index (χ3n) is 6.60. The Kier molecular flexibility index (Phi) is 7.02. The van der Waals surface area contributed by atoms with E-state index in [1.807, 2.05) is 36.4 Å². The van der Waals surface area contributed by atoms with Crippen LogP contribution < -0.4 is 10.2 Å². The normalized spacial score (nSPS) is 17.5. The Bertz CT molecular complexity index is 1280. The Balaban J connectivity index is 1.36. The van der Waals surface area contributed by atoms with Crippen molar-refractivity contribution in [3.05, 3.63) is 95.1 Å². The van der Waals surface area contributed by atoms with Crippen LogP contribution in [0.25, 0.3) is 0 Å². The molecule has 0 saturated carbocycles. The number of hydrogen-bond acceptors (Lipinski definition) is 4. The summed E-state index contributed by atoms with van der Waals surface area (Å²) in [6, 6.07) is 21.5. The van der Waals surface area contributed by atoms with Gasteiger partial charge in [-0.1, -0.05) is 36.4 Å². The third-order valence-corrected chi connectivity index (χ3v) is 6.91. The molecule has 36 heavy (non-hydrogen) atoms. The molecule has 3 aromatic rings. The highest BCUT2D eigenvalue weighted by Gasteiger charge is 2.35. The van der Waals surface area contributed by atoms with E-state index in [-0.39, 0.29) is 24.3 Å². The van der Waals surface area contributed by atoms with Crippen molar-refractivity contribution in [2.24, 2.45) is 0 Å². The molecule has 0 bridgehead atoms. The maximum atomic E-state index is 13.5. The van der Waals surface area contributed by atoms with Gasteiger partial charge in [-0.3, -0.25) is 14.4 Å². The second-order valence-corrected chi connectivity index (χ2v) is 9.15. The van der Waals surface area contributed by atoms with Crippen LogP contribution >= 0.6 is 11.6 Å². The van der Waals surface area contributed by atoms with Crippen LogP contribution in [-0.2, 0) is 33.2 Å². The van der Waals surface area contributed by atoms with E-state index in [2.05, 4.69) is 5.32 Å². The molecule has 1 fully saturated rings. The lowest BCUT2D eigenvalue weighted by Crippen LogP contribution is -2.50. The number of ether oxygens (including phenoxy) is 1. The Labute approximate surface area is 214 Å². The van der Waals surface area contributed by atoms with Crippen molar-refractivity contribution in [1.29, 1.82) is 0 Å². The van der Waals surface area contributed by atoms with Gasteiger partial charge in [0.25, 0.3) is 11.8 Å². The molecular formula is C28H26ClN3O4. The molecule has 2 aliphatic rings. The topological polar surface area (TPSA) is 79.0 Å². The molecule has 3 aromatic carbocycles. The molecule has 184 valence electrons. The molecule has 1 atom stereocenters.